The summed E-state index contributed by atoms with van der Waals surface area (Å²) in [4.78, 5) is 12.3. The van der Waals surface area contributed by atoms with Crippen LogP contribution in [0.15, 0.2) is 41.3 Å². The predicted octanol–water partition coefficient (Wildman–Crippen LogP) is 4.01. The summed E-state index contributed by atoms with van der Waals surface area (Å²) in [5.41, 5.74) is 1.31. The van der Waals surface area contributed by atoms with Gasteiger partial charge in [-0.05, 0) is 62.7 Å². The van der Waals surface area contributed by atoms with Crippen molar-refractivity contribution in [3.63, 3.8) is 0 Å². The number of aryl methyl sites for hydroxylation is 1. The van der Waals surface area contributed by atoms with Crippen LogP contribution in [0.25, 0.3) is 0 Å². The Morgan fingerprint density at radius 2 is 1.78 bits per heavy atom. The highest BCUT2D eigenvalue weighted by molar-refractivity contribution is 7.89. The summed E-state index contributed by atoms with van der Waals surface area (Å²) >= 11 is 11.8. The molecule has 0 aromatic heterocycles. The second-order valence-electron chi connectivity index (χ2n) is 5.82. The number of anilines is 1. The number of rotatable bonds is 7. The predicted molar refractivity (Wildman–Crippen MR) is 107 cm³/mol. The maximum Gasteiger partial charge on any atom is 0.245 e. The highest BCUT2D eigenvalue weighted by atomic mass is 35.5. The zero-order chi connectivity index (χ0) is 20.2. The van der Waals surface area contributed by atoms with Crippen molar-refractivity contribution in [1.29, 1.82) is 0 Å². The van der Waals surface area contributed by atoms with Gasteiger partial charge >= 0.3 is 0 Å². The number of sulfonamides is 1. The number of benzene rings is 2. The standard InChI is InChI=1S/C18H20Cl2N2O4S/c1-4-26-16-8-6-14(20)10-17(16)27(24,25)22-12(3)18(23)21-15-7-5-13(19)9-11(15)2/h5-10,12,22H,4H2,1-3H3,(H,21,23). The maximum atomic E-state index is 12.7. The van der Waals surface area contributed by atoms with Crippen molar-refractivity contribution in [1.82, 2.24) is 4.72 Å². The zero-order valence-corrected chi connectivity index (χ0v) is 17.4. The molecule has 6 nitrogen and oxygen atoms in total. The van der Waals surface area contributed by atoms with Crippen LogP contribution < -0.4 is 14.8 Å². The third kappa shape index (κ3) is 5.59. The number of ether oxygens (including phenoxy) is 1. The molecule has 0 radical (unpaired) electrons. The molecule has 2 aromatic rings. The monoisotopic (exact) mass is 430 g/mol. The summed E-state index contributed by atoms with van der Waals surface area (Å²) in [5.74, 6) is -0.348. The third-order valence-electron chi connectivity index (χ3n) is 3.67. The van der Waals surface area contributed by atoms with Gasteiger partial charge in [0.1, 0.15) is 10.6 Å². The summed E-state index contributed by atoms with van der Waals surface area (Å²) in [6.07, 6.45) is 0. The van der Waals surface area contributed by atoms with E-state index >= 15 is 0 Å². The molecule has 0 aliphatic heterocycles. The van der Waals surface area contributed by atoms with E-state index in [1.807, 2.05) is 0 Å². The van der Waals surface area contributed by atoms with Crippen LogP contribution in [0.2, 0.25) is 10.0 Å². The minimum atomic E-state index is -4.03. The molecule has 2 aromatic carbocycles. The summed E-state index contributed by atoms with van der Waals surface area (Å²) in [6, 6.07) is 8.25. The molecule has 2 N–H and O–H groups in total. The van der Waals surface area contributed by atoms with E-state index in [9.17, 15) is 13.2 Å². The average Bonchev–Trinajstić information content (AvgIpc) is 2.58. The van der Waals surface area contributed by atoms with E-state index in [1.165, 1.54) is 25.1 Å². The topological polar surface area (TPSA) is 84.5 Å². The first-order chi connectivity index (χ1) is 12.6. The molecule has 0 heterocycles. The van der Waals surface area contributed by atoms with E-state index in [0.717, 1.165) is 5.56 Å². The number of nitrogens with one attached hydrogen (secondary N) is 2. The fourth-order valence-electron chi connectivity index (χ4n) is 2.32. The number of hydrogen-bond donors (Lipinski definition) is 2. The molecular formula is C18H20Cl2N2O4S. The van der Waals surface area contributed by atoms with Crippen molar-refractivity contribution in [2.75, 3.05) is 11.9 Å². The molecule has 0 aliphatic rings. The van der Waals surface area contributed by atoms with E-state index in [1.54, 1.807) is 32.0 Å². The van der Waals surface area contributed by atoms with Gasteiger partial charge in [0.15, 0.2) is 0 Å². The quantitative estimate of drug-likeness (QED) is 0.694. The number of carbonyl (C=O) groups is 1. The van der Waals surface area contributed by atoms with E-state index in [2.05, 4.69) is 10.0 Å². The van der Waals surface area contributed by atoms with Crippen molar-refractivity contribution in [2.24, 2.45) is 0 Å². The van der Waals surface area contributed by atoms with Gasteiger partial charge in [-0.3, -0.25) is 4.79 Å². The van der Waals surface area contributed by atoms with E-state index in [-0.39, 0.29) is 22.3 Å². The Hall–Kier alpha value is -1.80. The third-order valence-corrected chi connectivity index (χ3v) is 5.70. The highest BCUT2D eigenvalue weighted by Crippen LogP contribution is 2.27. The molecule has 0 saturated carbocycles. The lowest BCUT2D eigenvalue weighted by Gasteiger charge is -2.17. The second-order valence-corrected chi connectivity index (χ2v) is 8.37. The fourth-order valence-corrected chi connectivity index (χ4v) is 4.16. The van der Waals surface area contributed by atoms with Gasteiger partial charge in [-0.1, -0.05) is 23.2 Å². The Labute approximate surface area is 168 Å². The SMILES string of the molecule is CCOc1ccc(Cl)cc1S(=O)(=O)NC(C)C(=O)Nc1ccc(Cl)cc1C. The van der Waals surface area contributed by atoms with Crippen LogP contribution in [-0.4, -0.2) is 27.0 Å². The Kier molecular flexibility index (Phi) is 7.11. The molecule has 2 rings (SSSR count). The summed E-state index contributed by atoms with van der Waals surface area (Å²) < 4.78 is 33.1. The van der Waals surface area contributed by atoms with Gasteiger partial charge in [0.25, 0.3) is 0 Å². The summed E-state index contributed by atoms with van der Waals surface area (Å²) in [7, 11) is -4.03. The average molecular weight is 431 g/mol. The van der Waals surface area contributed by atoms with Crippen molar-refractivity contribution < 1.29 is 17.9 Å². The number of carbonyl (C=O) groups excluding carboxylic acids is 1. The van der Waals surface area contributed by atoms with Crippen LogP contribution in [0.1, 0.15) is 19.4 Å². The van der Waals surface area contributed by atoms with Gasteiger partial charge in [0.2, 0.25) is 15.9 Å². The first-order valence-electron chi connectivity index (χ1n) is 8.15. The molecule has 0 aliphatic carbocycles. The van der Waals surface area contributed by atoms with Gasteiger partial charge in [0, 0.05) is 15.7 Å². The van der Waals surface area contributed by atoms with Crippen molar-refractivity contribution in [3.05, 3.63) is 52.0 Å². The summed E-state index contributed by atoms with van der Waals surface area (Å²) in [5, 5.41) is 3.47. The van der Waals surface area contributed by atoms with Crippen LogP contribution in [0.3, 0.4) is 0 Å². The van der Waals surface area contributed by atoms with E-state index in [0.29, 0.717) is 10.7 Å². The van der Waals surface area contributed by atoms with Crippen molar-refractivity contribution in [2.45, 2.75) is 31.7 Å². The van der Waals surface area contributed by atoms with Gasteiger partial charge in [-0.15, -0.1) is 0 Å². The highest BCUT2D eigenvalue weighted by Gasteiger charge is 2.25. The Bertz CT molecular complexity index is 948. The molecule has 1 amide bonds. The molecular weight excluding hydrogens is 411 g/mol. The number of amides is 1. The Morgan fingerprint density at radius 3 is 2.41 bits per heavy atom. The minimum Gasteiger partial charge on any atom is -0.492 e. The molecule has 0 spiro atoms. The molecule has 1 unspecified atom stereocenters. The Morgan fingerprint density at radius 1 is 1.15 bits per heavy atom. The normalized spacial score (nSPS) is 12.5. The van der Waals surface area contributed by atoms with Crippen molar-refractivity contribution >= 4 is 44.8 Å². The van der Waals surface area contributed by atoms with Crippen LogP contribution in [-0.2, 0) is 14.8 Å². The second kappa shape index (κ2) is 8.93. The van der Waals surface area contributed by atoms with Crippen LogP contribution in [0.4, 0.5) is 5.69 Å². The van der Waals surface area contributed by atoms with Crippen LogP contribution >= 0.6 is 23.2 Å². The molecule has 0 saturated heterocycles. The molecule has 0 bridgehead atoms. The number of hydrogen-bond acceptors (Lipinski definition) is 4. The largest absolute Gasteiger partial charge is 0.492 e. The molecule has 1 atom stereocenters. The Balaban J connectivity index is 2.19. The lowest BCUT2D eigenvalue weighted by Crippen LogP contribution is -2.41. The molecule has 146 valence electrons. The van der Waals surface area contributed by atoms with Crippen molar-refractivity contribution in [3.8, 4) is 5.75 Å². The van der Waals surface area contributed by atoms with Gasteiger partial charge < -0.3 is 10.1 Å². The lowest BCUT2D eigenvalue weighted by molar-refractivity contribution is -0.117. The molecule has 9 heteroatoms. The summed E-state index contributed by atoms with van der Waals surface area (Å²) in [6.45, 7) is 5.26. The molecule has 0 fully saturated rings. The van der Waals surface area contributed by atoms with Crippen LogP contribution in [0.5, 0.6) is 5.75 Å². The fraction of sp³-hybridized carbons (Fsp3) is 0.278. The van der Waals surface area contributed by atoms with Gasteiger partial charge in [-0.2, -0.15) is 4.72 Å². The minimum absolute atomic E-state index is 0.126. The maximum absolute atomic E-state index is 12.7. The number of halogens is 2. The van der Waals surface area contributed by atoms with Gasteiger partial charge in [0.05, 0.1) is 12.6 Å². The van der Waals surface area contributed by atoms with Gasteiger partial charge in [-0.25, -0.2) is 8.42 Å². The lowest BCUT2D eigenvalue weighted by atomic mass is 10.2. The van der Waals surface area contributed by atoms with E-state index < -0.39 is 22.0 Å². The van der Waals surface area contributed by atoms with E-state index in [4.69, 9.17) is 27.9 Å². The van der Waals surface area contributed by atoms with Crippen LogP contribution in [0, 0.1) is 6.92 Å². The molecule has 27 heavy (non-hydrogen) atoms. The first-order valence-corrected chi connectivity index (χ1v) is 10.4. The smallest absolute Gasteiger partial charge is 0.245 e. The first kappa shape index (κ1) is 21.5. The zero-order valence-electron chi connectivity index (χ0n) is 15.0.